The largest absolute Gasteiger partial charge is 0.396 e. The molecule has 21 nitrogen and oxygen atoms in total. The Balaban J connectivity index is 4.12. The van der Waals surface area contributed by atoms with Crippen LogP contribution in [-0.4, -0.2) is 197 Å². The summed E-state index contributed by atoms with van der Waals surface area (Å²) >= 11 is 0. The summed E-state index contributed by atoms with van der Waals surface area (Å²) in [4.78, 5) is 136. The van der Waals surface area contributed by atoms with Crippen molar-refractivity contribution in [3.63, 3.8) is 0 Å². The third-order valence-corrected chi connectivity index (χ3v) is 13.5. The third-order valence-electron chi connectivity index (χ3n) is 13.5. The van der Waals surface area contributed by atoms with Crippen molar-refractivity contribution in [2.75, 3.05) is 55.9 Å². The van der Waals surface area contributed by atoms with Crippen LogP contribution in [0.5, 0.6) is 0 Å². The molecule has 0 saturated carbocycles. The summed E-state index contributed by atoms with van der Waals surface area (Å²) in [5.74, 6) is -5.05. The van der Waals surface area contributed by atoms with Crippen LogP contribution < -0.4 is 21.3 Å². The lowest BCUT2D eigenvalue weighted by Gasteiger charge is -2.41. The zero-order chi connectivity index (χ0) is 55.1. The van der Waals surface area contributed by atoms with Gasteiger partial charge in [-0.25, -0.2) is 14.4 Å². The average molecular weight is 1010 g/mol. The van der Waals surface area contributed by atoms with Crippen LogP contribution in [0.25, 0.3) is 0 Å². The van der Waals surface area contributed by atoms with Crippen molar-refractivity contribution in [3.05, 3.63) is 0 Å². The maximum atomic E-state index is 14.6. The number of carbonyl (C=O) groups excluding carboxylic acids is 9. The van der Waals surface area contributed by atoms with Gasteiger partial charge in [-0.2, -0.15) is 0 Å². The number of nitrogens with zero attached hydrogens (tertiary/aromatic N) is 7. The molecule has 0 spiro atoms. The normalized spacial score (nSPS) is 26.5. The first-order valence-corrected chi connectivity index (χ1v) is 25.4. The van der Waals surface area contributed by atoms with Crippen molar-refractivity contribution < 1.29 is 48.3 Å². The Morgan fingerprint density at radius 2 is 1.00 bits per heavy atom. The molecule has 1 aliphatic heterocycles. The van der Waals surface area contributed by atoms with Gasteiger partial charge in [-0.05, 0) is 94.9 Å². The van der Waals surface area contributed by atoms with Gasteiger partial charge in [-0.15, -0.1) is 0 Å². The minimum Gasteiger partial charge on any atom is -0.396 e. The van der Waals surface area contributed by atoms with E-state index in [0.717, 1.165) is 19.6 Å². The molecule has 0 aromatic rings. The molecule has 1 fully saturated rings. The van der Waals surface area contributed by atoms with Crippen LogP contribution in [0.15, 0.2) is 0 Å². The van der Waals surface area contributed by atoms with Gasteiger partial charge in [0.05, 0.1) is 18.4 Å². The smallest absolute Gasteiger partial charge is 0.326 e. The minimum atomic E-state index is -1.27. The molecular formula is C50H93N11O10. The molecule has 1 heterocycles. The molecule has 5 N–H and O–H groups in total. The Morgan fingerprint density at radius 1 is 0.521 bits per heavy atom. The summed E-state index contributed by atoms with van der Waals surface area (Å²) in [6, 6.07) is -9.51. The lowest BCUT2D eigenvalue weighted by molar-refractivity contribution is -0.144. The van der Waals surface area contributed by atoms with Crippen molar-refractivity contribution in [1.29, 1.82) is 0 Å². The van der Waals surface area contributed by atoms with Crippen molar-refractivity contribution in [3.8, 4) is 0 Å². The van der Waals surface area contributed by atoms with Gasteiger partial charge >= 0.3 is 18.1 Å². The highest BCUT2D eigenvalue weighted by Gasteiger charge is 2.42. The number of likely N-dealkylation sites (N-methyl/N-ethyl adjacent to an activating group) is 6. The van der Waals surface area contributed by atoms with E-state index in [1.54, 1.807) is 20.8 Å². The van der Waals surface area contributed by atoms with E-state index in [2.05, 4.69) is 21.3 Å². The summed E-state index contributed by atoms with van der Waals surface area (Å²) in [6.45, 7) is 23.6. The fourth-order valence-electron chi connectivity index (χ4n) is 8.92. The minimum absolute atomic E-state index is 0.0417. The molecule has 71 heavy (non-hydrogen) atoms. The van der Waals surface area contributed by atoms with Crippen molar-refractivity contribution in [2.45, 2.75) is 177 Å². The molecule has 0 radical (unpaired) electrons. The number of carbonyl (C=O) groups is 9. The Bertz CT molecular complexity index is 1830. The third kappa shape index (κ3) is 18.3. The van der Waals surface area contributed by atoms with Gasteiger partial charge in [-0.3, -0.25) is 54.5 Å². The second kappa shape index (κ2) is 29.0. The van der Waals surface area contributed by atoms with E-state index in [4.69, 9.17) is 0 Å². The number of aliphatic hydroxyl groups is 1. The van der Waals surface area contributed by atoms with E-state index in [9.17, 15) is 48.3 Å². The highest BCUT2D eigenvalue weighted by Crippen LogP contribution is 2.23. The van der Waals surface area contributed by atoms with E-state index in [1.165, 1.54) is 59.0 Å². The van der Waals surface area contributed by atoms with Crippen LogP contribution in [0.2, 0.25) is 0 Å². The van der Waals surface area contributed by atoms with Gasteiger partial charge in [0.2, 0.25) is 23.6 Å². The number of amides is 12. The molecule has 21 heteroatoms. The van der Waals surface area contributed by atoms with Crippen LogP contribution in [-0.2, 0) is 28.8 Å². The maximum absolute atomic E-state index is 14.6. The van der Waals surface area contributed by atoms with Crippen LogP contribution in [0.3, 0.4) is 0 Å². The molecule has 408 valence electrons. The quantitative estimate of drug-likeness (QED) is 0.178. The molecule has 0 bridgehead atoms. The highest BCUT2D eigenvalue weighted by atomic mass is 16.3. The summed E-state index contributed by atoms with van der Waals surface area (Å²) in [5, 5.41) is 20.9. The predicted octanol–water partition coefficient (Wildman–Crippen LogP) is 3.55. The van der Waals surface area contributed by atoms with E-state index in [0.29, 0.717) is 19.3 Å². The molecule has 0 aromatic carbocycles. The molecule has 9 atom stereocenters. The molecular weight excluding hydrogens is 915 g/mol. The van der Waals surface area contributed by atoms with Gasteiger partial charge in [0.15, 0.2) is 0 Å². The van der Waals surface area contributed by atoms with E-state index < -0.39 is 108 Å². The molecule has 0 aliphatic carbocycles. The monoisotopic (exact) mass is 1010 g/mol. The molecule has 3 unspecified atom stereocenters. The van der Waals surface area contributed by atoms with Gasteiger partial charge in [0.25, 0.3) is 11.8 Å². The first kappa shape index (κ1) is 64.1. The highest BCUT2D eigenvalue weighted by molar-refractivity contribution is 6.03. The van der Waals surface area contributed by atoms with Crippen LogP contribution in [0, 0.1) is 35.5 Å². The van der Waals surface area contributed by atoms with Crippen molar-refractivity contribution in [1.82, 2.24) is 55.6 Å². The number of imide groups is 3. The number of nitrogens with one attached hydrogen (secondary N) is 4. The molecule has 12 amide bonds. The molecule has 1 rings (SSSR count). The Hall–Kier alpha value is -4.89. The summed E-state index contributed by atoms with van der Waals surface area (Å²) in [6.07, 6.45) is 0.728. The first-order chi connectivity index (χ1) is 32.7. The van der Waals surface area contributed by atoms with Crippen LogP contribution in [0.4, 0.5) is 14.4 Å². The molecule has 1 saturated heterocycles. The second-order valence-corrected chi connectivity index (χ2v) is 21.8. The summed E-state index contributed by atoms with van der Waals surface area (Å²) in [5.41, 5.74) is 0. The molecule has 1 aliphatic rings. The van der Waals surface area contributed by atoms with Crippen molar-refractivity contribution >= 4 is 53.5 Å². The zero-order valence-electron chi connectivity index (χ0n) is 46.8. The van der Waals surface area contributed by atoms with E-state index >= 15 is 0 Å². The first-order valence-electron chi connectivity index (χ1n) is 25.4. The lowest BCUT2D eigenvalue weighted by Crippen LogP contribution is -2.63. The van der Waals surface area contributed by atoms with Crippen LogP contribution >= 0.6 is 0 Å². The molecule has 0 aromatic heterocycles. The SMILES string of the molecule is CC(C)C[C@@H]1C(=O)N(C)C(=O)N(C)C(C(C)C)C(=O)N(C)C(C[C@H](C)CCCO)C(=O)NC(=O)N(C)[C@H](C)C(=O)N(C)[C@@H](CC(C)C)C(=O)NC(C(C)C)N(C)[C@H](CC(C)C)N[C@H](C)C(=O)NC(=O)N1C. The van der Waals surface area contributed by atoms with Gasteiger partial charge in [-0.1, -0.05) is 76.2 Å². The van der Waals surface area contributed by atoms with Gasteiger partial charge < -0.3 is 34.9 Å². The second-order valence-electron chi connectivity index (χ2n) is 21.8. The van der Waals surface area contributed by atoms with Gasteiger partial charge in [0.1, 0.15) is 30.2 Å². The fourth-order valence-corrected chi connectivity index (χ4v) is 8.92. The predicted molar refractivity (Wildman–Crippen MR) is 273 cm³/mol. The standard InChI is InChI=1S/C50H93N11O10/c1-28(2)24-36-43(64)52-41(32(9)10)59(18)39(26-30(5)6)51-34(12)42(63)53-49(70)58(17)38(25-29(3)4)46(67)61(20)50(71)60(19)40(31(7)8)47(68)57(16)37(27-33(11)22-21-23-62)44(65)54-48(69)55(14)35(13)45(66)56(36)15/h28-41,51,62H,21-27H2,1-20H3,(H,52,64)(H,53,63,70)(H,54,65,69)/t33-,34-,35-,36+,37?,38-,39-,40?,41?/m1/s1. The van der Waals surface area contributed by atoms with Crippen molar-refractivity contribution in [2.24, 2.45) is 35.5 Å². The topological polar surface area (TPSA) is 245 Å². The Kier molecular flexibility index (Phi) is 26.2. The van der Waals surface area contributed by atoms with Gasteiger partial charge in [0, 0.05) is 48.9 Å². The number of urea groups is 3. The lowest BCUT2D eigenvalue weighted by atomic mass is 9.94. The summed E-state index contributed by atoms with van der Waals surface area (Å²) < 4.78 is 0. The van der Waals surface area contributed by atoms with E-state index in [1.807, 2.05) is 74.3 Å². The Labute approximate surface area is 424 Å². The van der Waals surface area contributed by atoms with Crippen LogP contribution in [0.1, 0.15) is 129 Å². The number of hydrogen-bond donors (Lipinski definition) is 5. The van der Waals surface area contributed by atoms with E-state index in [-0.39, 0.29) is 55.5 Å². The average Bonchev–Trinajstić information content (AvgIpc) is 3.28. The zero-order valence-corrected chi connectivity index (χ0v) is 46.8. The summed E-state index contributed by atoms with van der Waals surface area (Å²) in [7, 11) is 10.0. The maximum Gasteiger partial charge on any atom is 0.326 e. The number of hydrogen-bond acceptors (Lipinski definition) is 12. The fraction of sp³-hybridized carbons (Fsp3) is 0.820. The Morgan fingerprint density at radius 3 is 1.49 bits per heavy atom. The number of aliphatic hydroxyl groups excluding tert-OH is 1. The number of rotatable bonds is 13.